The predicted molar refractivity (Wildman–Crippen MR) is 124 cm³/mol. The van der Waals surface area contributed by atoms with Crippen LogP contribution in [-0.2, 0) is 14.8 Å². The van der Waals surface area contributed by atoms with Gasteiger partial charge in [-0.25, -0.2) is 8.42 Å². The van der Waals surface area contributed by atoms with E-state index in [2.05, 4.69) is 5.32 Å². The molecule has 1 aliphatic rings. The molecule has 3 aromatic rings. The fourth-order valence-corrected chi connectivity index (χ4v) is 5.12. The Bertz CT molecular complexity index is 1170. The number of nitrogens with one attached hydrogen (secondary N) is 1. The number of carbonyl (C=O) groups excluding carboxylic acids is 1. The third-order valence-corrected chi connectivity index (χ3v) is 7.17. The van der Waals surface area contributed by atoms with E-state index in [4.69, 9.17) is 0 Å². The van der Waals surface area contributed by atoms with Gasteiger partial charge in [0, 0.05) is 24.4 Å². The second-order valence-electron chi connectivity index (χ2n) is 7.42. The van der Waals surface area contributed by atoms with Crippen LogP contribution in [0.3, 0.4) is 0 Å². The van der Waals surface area contributed by atoms with Crippen LogP contribution in [0.4, 0.5) is 5.69 Å². The summed E-state index contributed by atoms with van der Waals surface area (Å²) in [6.07, 6.45) is 3.63. The maximum absolute atomic E-state index is 13.1. The van der Waals surface area contributed by atoms with Gasteiger partial charge in [0.05, 0.1) is 4.90 Å². The molecule has 0 unspecified atom stereocenters. The van der Waals surface area contributed by atoms with Gasteiger partial charge in [-0.3, -0.25) is 4.79 Å². The van der Waals surface area contributed by atoms with Gasteiger partial charge in [0.15, 0.2) is 0 Å². The van der Waals surface area contributed by atoms with E-state index in [1.807, 2.05) is 66.7 Å². The van der Waals surface area contributed by atoms with E-state index in [9.17, 15) is 13.2 Å². The zero-order chi connectivity index (χ0) is 21.7. The molecule has 0 saturated carbocycles. The lowest BCUT2D eigenvalue weighted by Gasteiger charge is -2.16. The highest BCUT2D eigenvalue weighted by atomic mass is 32.2. The fraction of sp³-hybridized carbons (Fsp3) is 0.160. The Kier molecular flexibility index (Phi) is 6.30. The quantitative estimate of drug-likeness (QED) is 0.455. The summed E-state index contributed by atoms with van der Waals surface area (Å²) in [5.41, 5.74) is 2.79. The molecular formula is C25H24N2O3S. The summed E-state index contributed by atoms with van der Waals surface area (Å²) in [6, 6.07) is 25.5. The van der Waals surface area contributed by atoms with Crippen molar-refractivity contribution in [3.8, 4) is 0 Å². The minimum atomic E-state index is -3.47. The normalized spacial score (nSPS) is 15.0. The van der Waals surface area contributed by atoms with Crippen LogP contribution in [0.5, 0.6) is 0 Å². The molecule has 0 radical (unpaired) electrons. The van der Waals surface area contributed by atoms with Crippen LogP contribution in [-0.4, -0.2) is 31.7 Å². The van der Waals surface area contributed by atoms with Crippen molar-refractivity contribution in [1.82, 2.24) is 4.31 Å². The smallest absolute Gasteiger partial charge is 0.256 e. The van der Waals surface area contributed by atoms with E-state index in [1.54, 1.807) is 24.3 Å². The minimum Gasteiger partial charge on any atom is -0.322 e. The van der Waals surface area contributed by atoms with Crippen LogP contribution < -0.4 is 5.32 Å². The van der Waals surface area contributed by atoms with E-state index in [1.165, 1.54) is 4.31 Å². The molecule has 1 aliphatic heterocycles. The molecule has 1 saturated heterocycles. The molecule has 4 rings (SSSR count). The lowest BCUT2D eigenvalue weighted by Crippen LogP contribution is -2.27. The van der Waals surface area contributed by atoms with Gasteiger partial charge in [-0.2, -0.15) is 4.31 Å². The zero-order valence-electron chi connectivity index (χ0n) is 17.1. The minimum absolute atomic E-state index is 0.246. The summed E-state index contributed by atoms with van der Waals surface area (Å²) >= 11 is 0. The summed E-state index contributed by atoms with van der Waals surface area (Å²) in [5, 5.41) is 2.89. The van der Waals surface area contributed by atoms with E-state index in [-0.39, 0.29) is 10.8 Å². The first-order valence-corrected chi connectivity index (χ1v) is 11.7. The Balaban J connectivity index is 1.57. The van der Waals surface area contributed by atoms with Crippen LogP contribution in [0, 0.1) is 0 Å². The molecule has 0 aliphatic carbocycles. The first-order chi connectivity index (χ1) is 15.0. The molecular weight excluding hydrogens is 408 g/mol. The Morgan fingerprint density at radius 1 is 0.806 bits per heavy atom. The fourth-order valence-electron chi connectivity index (χ4n) is 3.60. The summed E-state index contributed by atoms with van der Waals surface area (Å²) in [4.78, 5) is 13.3. The number of hydrogen-bond donors (Lipinski definition) is 1. The average molecular weight is 433 g/mol. The number of nitrogens with zero attached hydrogens (tertiary/aromatic N) is 1. The number of amides is 1. The summed E-state index contributed by atoms with van der Waals surface area (Å²) in [6.45, 7) is 1.12. The second-order valence-corrected chi connectivity index (χ2v) is 9.36. The first-order valence-electron chi connectivity index (χ1n) is 10.3. The highest BCUT2D eigenvalue weighted by molar-refractivity contribution is 7.89. The van der Waals surface area contributed by atoms with Gasteiger partial charge in [0.1, 0.15) is 0 Å². The number of sulfonamides is 1. The molecule has 6 heteroatoms. The van der Waals surface area contributed by atoms with Gasteiger partial charge in [-0.05, 0) is 54.3 Å². The highest BCUT2D eigenvalue weighted by Gasteiger charge is 2.27. The maximum Gasteiger partial charge on any atom is 0.256 e. The Hall–Kier alpha value is -3.22. The van der Waals surface area contributed by atoms with Crippen LogP contribution in [0.1, 0.15) is 24.0 Å². The van der Waals surface area contributed by atoms with Crippen LogP contribution >= 0.6 is 0 Å². The van der Waals surface area contributed by atoms with Gasteiger partial charge < -0.3 is 5.32 Å². The lowest BCUT2D eigenvalue weighted by molar-refractivity contribution is -0.111. The summed E-state index contributed by atoms with van der Waals surface area (Å²) in [7, 11) is -3.47. The van der Waals surface area contributed by atoms with Gasteiger partial charge >= 0.3 is 0 Å². The Morgan fingerprint density at radius 2 is 1.39 bits per heavy atom. The topological polar surface area (TPSA) is 66.5 Å². The molecule has 5 nitrogen and oxygen atoms in total. The lowest BCUT2D eigenvalue weighted by atomic mass is 10.0. The summed E-state index contributed by atoms with van der Waals surface area (Å²) < 4.78 is 26.9. The molecule has 3 aromatic carbocycles. The van der Waals surface area contributed by atoms with Gasteiger partial charge in [0.25, 0.3) is 5.91 Å². The molecule has 1 fully saturated rings. The van der Waals surface area contributed by atoms with Crippen molar-refractivity contribution >= 4 is 33.3 Å². The average Bonchev–Trinajstić information content (AvgIpc) is 3.35. The standard InChI is InChI=1S/C25H24N2O3S/c28-25(24(21-11-5-2-6-12-21)19-20-9-3-1-4-10-20)26-22-13-15-23(16-14-22)31(29,30)27-17-7-8-18-27/h1-6,9-16,19H,7-8,17-18H2,(H,26,28)/b24-19+. The maximum atomic E-state index is 13.1. The van der Waals surface area contributed by atoms with E-state index in [0.717, 1.165) is 24.0 Å². The second kappa shape index (κ2) is 9.29. The zero-order valence-corrected chi connectivity index (χ0v) is 17.9. The molecule has 1 N–H and O–H groups in total. The van der Waals surface area contributed by atoms with Crippen molar-refractivity contribution < 1.29 is 13.2 Å². The number of hydrogen-bond acceptors (Lipinski definition) is 3. The molecule has 0 aromatic heterocycles. The van der Waals surface area contributed by atoms with Crippen molar-refractivity contribution in [2.24, 2.45) is 0 Å². The number of benzene rings is 3. The van der Waals surface area contributed by atoms with Gasteiger partial charge in [-0.15, -0.1) is 0 Å². The first kappa shape index (κ1) is 21.0. The van der Waals surface area contributed by atoms with Crippen molar-refractivity contribution in [3.63, 3.8) is 0 Å². The van der Waals surface area contributed by atoms with Gasteiger partial charge in [-0.1, -0.05) is 60.7 Å². The largest absolute Gasteiger partial charge is 0.322 e. The van der Waals surface area contributed by atoms with Crippen molar-refractivity contribution in [1.29, 1.82) is 0 Å². The number of anilines is 1. The third-order valence-electron chi connectivity index (χ3n) is 5.25. The Morgan fingerprint density at radius 3 is 2.00 bits per heavy atom. The van der Waals surface area contributed by atoms with Crippen molar-refractivity contribution in [2.75, 3.05) is 18.4 Å². The molecule has 158 valence electrons. The third kappa shape index (κ3) is 4.93. The van der Waals surface area contributed by atoms with Crippen LogP contribution in [0.2, 0.25) is 0 Å². The monoisotopic (exact) mass is 432 g/mol. The van der Waals surface area contributed by atoms with E-state index < -0.39 is 10.0 Å². The SMILES string of the molecule is O=C(Nc1ccc(S(=O)(=O)N2CCCC2)cc1)/C(=C/c1ccccc1)c1ccccc1. The highest BCUT2D eigenvalue weighted by Crippen LogP contribution is 2.24. The van der Waals surface area contributed by atoms with E-state index >= 15 is 0 Å². The Labute approximate surface area is 183 Å². The summed E-state index contributed by atoms with van der Waals surface area (Å²) in [5.74, 6) is -0.259. The molecule has 1 heterocycles. The van der Waals surface area contributed by atoms with Crippen molar-refractivity contribution in [3.05, 3.63) is 96.1 Å². The number of rotatable bonds is 6. The van der Waals surface area contributed by atoms with Gasteiger partial charge in [0.2, 0.25) is 10.0 Å². The molecule has 0 bridgehead atoms. The van der Waals surface area contributed by atoms with E-state index in [0.29, 0.717) is 24.4 Å². The van der Waals surface area contributed by atoms with Crippen LogP contribution in [0.15, 0.2) is 89.8 Å². The predicted octanol–water partition coefficient (Wildman–Crippen LogP) is 4.65. The molecule has 0 spiro atoms. The molecule has 0 atom stereocenters. The van der Waals surface area contributed by atoms with Crippen molar-refractivity contribution in [2.45, 2.75) is 17.7 Å². The molecule has 31 heavy (non-hydrogen) atoms. The van der Waals surface area contributed by atoms with Crippen LogP contribution in [0.25, 0.3) is 11.6 Å². The number of carbonyl (C=O) groups is 1. The molecule has 1 amide bonds.